The summed E-state index contributed by atoms with van der Waals surface area (Å²) in [6, 6.07) is 6.43. The lowest BCUT2D eigenvalue weighted by molar-refractivity contribution is 0.564. The number of hydrogen-bond donors (Lipinski definition) is 1. The maximum Gasteiger partial charge on any atom is 0.142 e. The van der Waals surface area contributed by atoms with E-state index in [1.807, 2.05) is 13.0 Å². The van der Waals surface area contributed by atoms with E-state index in [-0.39, 0.29) is 5.82 Å². The number of aromatic nitrogens is 2. The van der Waals surface area contributed by atoms with Crippen molar-refractivity contribution < 1.29 is 4.39 Å². The lowest BCUT2D eigenvalue weighted by Gasteiger charge is -2.15. The van der Waals surface area contributed by atoms with Crippen LogP contribution in [-0.4, -0.2) is 9.78 Å². The Hall–Kier alpha value is -1.20. The number of nitrogens with zero attached hydrogens (tertiary/aromatic N) is 2. The molecule has 0 saturated heterocycles. The standard InChI is InChI=1S/C12H13BrFN3/c1-2-17-10(6-7-16-17)12(15)8-4-3-5-9(13)11(8)14/h3-7,12H,2,15H2,1H3. The van der Waals surface area contributed by atoms with Crippen molar-refractivity contribution in [3.63, 3.8) is 0 Å². The molecule has 2 rings (SSSR count). The Balaban J connectivity index is 2.44. The molecule has 90 valence electrons. The molecular formula is C12H13BrFN3. The molecule has 1 aromatic carbocycles. The summed E-state index contributed by atoms with van der Waals surface area (Å²) in [5.41, 5.74) is 7.36. The molecule has 0 aliphatic heterocycles. The second-order valence-corrected chi connectivity index (χ2v) is 4.55. The topological polar surface area (TPSA) is 43.8 Å². The predicted octanol–water partition coefficient (Wildman–Crippen LogP) is 2.85. The first-order valence-corrected chi connectivity index (χ1v) is 6.15. The van der Waals surface area contributed by atoms with Crippen LogP contribution in [0.2, 0.25) is 0 Å². The van der Waals surface area contributed by atoms with E-state index in [9.17, 15) is 4.39 Å². The fourth-order valence-electron chi connectivity index (χ4n) is 1.79. The second-order valence-electron chi connectivity index (χ2n) is 3.69. The van der Waals surface area contributed by atoms with Crippen LogP contribution in [-0.2, 0) is 6.54 Å². The summed E-state index contributed by atoms with van der Waals surface area (Å²) in [4.78, 5) is 0. The molecule has 0 radical (unpaired) electrons. The second kappa shape index (κ2) is 4.98. The van der Waals surface area contributed by atoms with Gasteiger partial charge in [0.05, 0.1) is 16.2 Å². The molecule has 0 amide bonds. The molecule has 0 spiro atoms. The van der Waals surface area contributed by atoms with E-state index in [1.54, 1.807) is 29.1 Å². The van der Waals surface area contributed by atoms with Crippen molar-refractivity contribution in [3.05, 3.63) is 52.0 Å². The molecule has 0 fully saturated rings. The van der Waals surface area contributed by atoms with Crippen LogP contribution in [0.3, 0.4) is 0 Å². The molecule has 2 N–H and O–H groups in total. The van der Waals surface area contributed by atoms with Crippen molar-refractivity contribution in [1.82, 2.24) is 9.78 Å². The average molecular weight is 298 g/mol. The van der Waals surface area contributed by atoms with Gasteiger partial charge in [0.1, 0.15) is 5.82 Å². The molecule has 5 heteroatoms. The van der Waals surface area contributed by atoms with Gasteiger partial charge in [0.15, 0.2) is 0 Å². The first-order chi connectivity index (χ1) is 8.15. The van der Waals surface area contributed by atoms with E-state index >= 15 is 0 Å². The average Bonchev–Trinajstić information content (AvgIpc) is 2.80. The first kappa shape index (κ1) is 12.3. The van der Waals surface area contributed by atoms with Gasteiger partial charge in [-0.05, 0) is 35.0 Å². The maximum absolute atomic E-state index is 13.9. The Bertz CT molecular complexity index is 524. The summed E-state index contributed by atoms with van der Waals surface area (Å²) in [6.07, 6.45) is 1.68. The van der Waals surface area contributed by atoms with Crippen LogP contribution in [0.25, 0.3) is 0 Å². The molecule has 3 nitrogen and oxygen atoms in total. The van der Waals surface area contributed by atoms with E-state index in [4.69, 9.17) is 5.73 Å². The summed E-state index contributed by atoms with van der Waals surface area (Å²) in [6.45, 7) is 2.69. The smallest absolute Gasteiger partial charge is 0.142 e. The van der Waals surface area contributed by atoms with E-state index in [0.29, 0.717) is 16.6 Å². The van der Waals surface area contributed by atoms with Gasteiger partial charge in [0, 0.05) is 18.3 Å². The summed E-state index contributed by atoms with van der Waals surface area (Å²) in [5.74, 6) is -0.316. The van der Waals surface area contributed by atoms with E-state index < -0.39 is 6.04 Å². The molecule has 1 unspecified atom stereocenters. The fourth-order valence-corrected chi connectivity index (χ4v) is 2.17. The third-order valence-electron chi connectivity index (χ3n) is 2.68. The van der Waals surface area contributed by atoms with Crippen molar-refractivity contribution in [2.75, 3.05) is 0 Å². The molecule has 1 aromatic heterocycles. The highest BCUT2D eigenvalue weighted by Gasteiger charge is 2.18. The Morgan fingerprint density at radius 1 is 1.47 bits per heavy atom. The third-order valence-corrected chi connectivity index (χ3v) is 3.30. The van der Waals surface area contributed by atoms with Crippen LogP contribution in [0.1, 0.15) is 24.2 Å². The van der Waals surface area contributed by atoms with Crippen molar-refractivity contribution in [1.29, 1.82) is 0 Å². The van der Waals surface area contributed by atoms with Gasteiger partial charge in [-0.15, -0.1) is 0 Å². The van der Waals surface area contributed by atoms with Gasteiger partial charge in [0.2, 0.25) is 0 Å². The largest absolute Gasteiger partial charge is 0.319 e. The Morgan fingerprint density at radius 2 is 2.24 bits per heavy atom. The molecule has 1 atom stereocenters. The zero-order valence-corrected chi connectivity index (χ0v) is 11.0. The number of halogens is 2. The zero-order chi connectivity index (χ0) is 12.4. The Kier molecular flexibility index (Phi) is 3.59. The highest BCUT2D eigenvalue weighted by atomic mass is 79.9. The molecule has 0 aliphatic rings. The van der Waals surface area contributed by atoms with Gasteiger partial charge in [-0.3, -0.25) is 4.68 Å². The lowest BCUT2D eigenvalue weighted by atomic mass is 10.0. The number of hydrogen-bond acceptors (Lipinski definition) is 2. The SMILES string of the molecule is CCn1nccc1C(N)c1cccc(Br)c1F. The van der Waals surface area contributed by atoms with Crippen LogP contribution in [0.5, 0.6) is 0 Å². The fraction of sp³-hybridized carbons (Fsp3) is 0.250. The van der Waals surface area contributed by atoms with Crippen LogP contribution in [0, 0.1) is 5.82 Å². The minimum absolute atomic E-state index is 0.316. The van der Waals surface area contributed by atoms with Crippen molar-refractivity contribution in [2.45, 2.75) is 19.5 Å². The predicted molar refractivity (Wildman–Crippen MR) is 68.0 cm³/mol. The third kappa shape index (κ3) is 2.25. The Labute approximate surface area is 108 Å². The Morgan fingerprint density at radius 3 is 2.94 bits per heavy atom. The maximum atomic E-state index is 13.9. The van der Waals surface area contributed by atoms with Gasteiger partial charge in [-0.25, -0.2) is 4.39 Å². The van der Waals surface area contributed by atoms with Gasteiger partial charge in [-0.1, -0.05) is 12.1 Å². The highest BCUT2D eigenvalue weighted by Crippen LogP contribution is 2.26. The monoisotopic (exact) mass is 297 g/mol. The minimum Gasteiger partial charge on any atom is -0.319 e. The molecule has 0 saturated carbocycles. The van der Waals surface area contributed by atoms with Crippen LogP contribution in [0.15, 0.2) is 34.9 Å². The summed E-state index contributed by atoms with van der Waals surface area (Å²) in [5, 5.41) is 4.14. The van der Waals surface area contributed by atoms with Crippen LogP contribution in [0.4, 0.5) is 4.39 Å². The first-order valence-electron chi connectivity index (χ1n) is 5.36. The summed E-state index contributed by atoms with van der Waals surface area (Å²) >= 11 is 3.16. The van der Waals surface area contributed by atoms with Gasteiger partial charge >= 0.3 is 0 Å². The van der Waals surface area contributed by atoms with Crippen LogP contribution >= 0.6 is 15.9 Å². The summed E-state index contributed by atoms with van der Waals surface area (Å²) < 4.78 is 16.1. The normalized spacial score (nSPS) is 12.7. The number of nitrogens with two attached hydrogens (primary N) is 1. The summed E-state index contributed by atoms with van der Waals surface area (Å²) in [7, 11) is 0. The van der Waals surface area contributed by atoms with Crippen LogP contribution < -0.4 is 5.73 Å². The highest BCUT2D eigenvalue weighted by molar-refractivity contribution is 9.10. The number of benzene rings is 1. The molecule has 2 aromatic rings. The molecule has 1 heterocycles. The van der Waals surface area contributed by atoms with Gasteiger partial charge in [0.25, 0.3) is 0 Å². The van der Waals surface area contributed by atoms with Gasteiger partial charge < -0.3 is 5.73 Å². The van der Waals surface area contributed by atoms with Crippen molar-refractivity contribution in [3.8, 4) is 0 Å². The van der Waals surface area contributed by atoms with Crippen molar-refractivity contribution in [2.24, 2.45) is 5.73 Å². The van der Waals surface area contributed by atoms with E-state index in [0.717, 1.165) is 5.69 Å². The lowest BCUT2D eigenvalue weighted by Crippen LogP contribution is -2.18. The quantitative estimate of drug-likeness (QED) is 0.947. The van der Waals surface area contributed by atoms with Crippen molar-refractivity contribution >= 4 is 15.9 Å². The molecular weight excluding hydrogens is 285 g/mol. The number of aryl methyl sites for hydroxylation is 1. The zero-order valence-electron chi connectivity index (χ0n) is 9.40. The van der Waals surface area contributed by atoms with E-state index in [1.165, 1.54) is 0 Å². The number of rotatable bonds is 3. The minimum atomic E-state index is -0.505. The molecule has 0 aliphatic carbocycles. The van der Waals surface area contributed by atoms with E-state index in [2.05, 4.69) is 21.0 Å². The van der Waals surface area contributed by atoms with Gasteiger partial charge in [-0.2, -0.15) is 5.10 Å². The molecule has 17 heavy (non-hydrogen) atoms. The molecule has 0 bridgehead atoms.